The topological polar surface area (TPSA) is 131 Å². The molecule has 2 aromatic carbocycles. The minimum Gasteiger partial charge on any atom is -0.508 e. The van der Waals surface area contributed by atoms with Gasteiger partial charge in [0.1, 0.15) is 17.3 Å². The zero-order valence-electron chi connectivity index (χ0n) is 21.8. The Labute approximate surface area is 226 Å². The second-order valence-electron chi connectivity index (χ2n) is 10.6. The van der Waals surface area contributed by atoms with Crippen molar-refractivity contribution in [2.75, 3.05) is 19.6 Å². The summed E-state index contributed by atoms with van der Waals surface area (Å²) in [5.74, 6) is 0.00466. The predicted molar refractivity (Wildman–Crippen MR) is 148 cm³/mol. The molecule has 5 N–H and O–H groups in total. The van der Waals surface area contributed by atoms with Crippen LogP contribution in [0, 0.1) is 0 Å². The van der Waals surface area contributed by atoms with E-state index >= 15 is 0 Å². The van der Waals surface area contributed by atoms with E-state index in [4.69, 9.17) is 0 Å². The number of aliphatic imine (C=N–C) groups is 1. The monoisotopic (exact) mass is 573 g/mol. The number of aromatic hydroxyl groups is 2. The Kier molecular flexibility index (Phi) is 9.36. The van der Waals surface area contributed by atoms with E-state index in [1.807, 2.05) is 39.8 Å². The number of amides is 1. The van der Waals surface area contributed by atoms with Crippen molar-refractivity contribution >= 4 is 33.5 Å². The molecule has 0 spiro atoms. The molecule has 9 heteroatoms. The molecule has 0 bridgehead atoms. The standard InChI is InChI=1S/C28H36BrN3O5/c1-5-17(23-11-19(29)12-24(26(23)36)28(2,3)4)9-21(34)13-32-27(37)18-6-16(7-20(33)10-18)8-25-30-14-22(35)15-31-25/h6-7,10-12,17,22,33,35-36H,5,8-9,13-15H2,1-4H3,(H,30,31)(H,32,37)/t17-/m1/s1. The fourth-order valence-corrected chi connectivity index (χ4v) is 4.87. The van der Waals surface area contributed by atoms with Gasteiger partial charge in [0.25, 0.3) is 5.91 Å². The first-order valence-corrected chi connectivity index (χ1v) is 13.3. The van der Waals surface area contributed by atoms with Crippen molar-refractivity contribution in [1.82, 2.24) is 10.6 Å². The number of nitrogens with zero attached hydrogens (tertiary/aromatic N) is 1. The van der Waals surface area contributed by atoms with Crippen LogP contribution in [0.25, 0.3) is 0 Å². The van der Waals surface area contributed by atoms with Crippen LogP contribution >= 0.6 is 15.9 Å². The average Bonchev–Trinajstić information content (AvgIpc) is 2.82. The van der Waals surface area contributed by atoms with Crippen LogP contribution in [0.1, 0.15) is 73.5 Å². The number of phenolic OH excluding ortho intramolecular Hbond substituents is 2. The molecular weight excluding hydrogens is 538 g/mol. The summed E-state index contributed by atoms with van der Waals surface area (Å²) in [6.45, 7) is 8.59. The Bertz CT molecular complexity index is 1190. The maximum Gasteiger partial charge on any atom is 0.251 e. The molecule has 1 aliphatic heterocycles. The third-order valence-electron chi connectivity index (χ3n) is 6.41. The second kappa shape index (κ2) is 12.1. The largest absolute Gasteiger partial charge is 0.508 e. The Morgan fingerprint density at radius 3 is 2.54 bits per heavy atom. The number of hydrogen-bond donors (Lipinski definition) is 5. The molecular formula is C28H36BrN3O5. The summed E-state index contributed by atoms with van der Waals surface area (Å²) in [4.78, 5) is 29.9. The second-order valence-corrected chi connectivity index (χ2v) is 11.5. The van der Waals surface area contributed by atoms with Crippen LogP contribution in [0.3, 0.4) is 0 Å². The Balaban J connectivity index is 1.65. The van der Waals surface area contributed by atoms with E-state index in [9.17, 15) is 24.9 Å². The molecule has 0 aliphatic carbocycles. The molecule has 0 saturated heterocycles. The van der Waals surface area contributed by atoms with Gasteiger partial charge in [0, 0.05) is 35.0 Å². The van der Waals surface area contributed by atoms with Crippen LogP contribution in [0.2, 0.25) is 0 Å². The summed E-state index contributed by atoms with van der Waals surface area (Å²) in [5, 5.41) is 36.3. The smallest absolute Gasteiger partial charge is 0.251 e. The third-order valence-corrected chi connectivity index (χ3v) is 6.87. The molecule has 0 radical (unpaired) electrons. The van der Waals surface area contributed by atoms with Gasteiger partial charge in [-0.15, -0.1) is 0 Å². The van der Waals surface area contributed by atoms with Gasteiger partial charge in [0.05, 0.1) is 19.2 Å². The first-order chi connectivity index (χ1) is 17.4. The number of carbonyl (C=O) groups excluding carboxylic acids is 2. The summed E-state index contributed by atoms with van der Waals surface area (Å²) >= 11 is 3.53. The van der Waals surface area contributed by atoms with Gasteiger partial charge >= 0.3 is 0 Å². The van der Waals surface area contributed by atoms with Crippen molar-refractivity contribution in [2.45, 2.75) is 64.4 Å². The van der Waals surface area contributed by atoms with Crippen molar-refractivity contribution < 1.29 is 24.9 Å². The highest BCUT2D eigenvalue weighted by Gasteiger charge is 2.25. The number of Topliss-reactive ketones (excluding diaryl/α,β-unsaturated/α-hetero) is 1. The minimum absolute atomic E-state index is 0.0590. The molecule has 3 rings (SSSR count). The van der Waals surface area contributed by atoms with Crippen LogP contribution in [0.15, 0.2) is 39.8 Å². The number of carbonyl (C=O) groups is 2. The van der Waals surface area contributed by atoms with Gasteiger partial charge < -0.3 is 26.0 Å². The van der Waals surface area contributed by atoms with Gasteiger partial charge in [-0.2, -0.15) is 0 Å². The van der Waals surface area contributed by atoms with Gasteiger partial charge in [-0.3, -0.25) is 14.6 Å². The number of β-amino-alcohol motifs (C(OH)–C–C–N with tert-alkyl or cyclic N) is 1. The van der Waals surface area contributed by atoms with Gasteiger partial charge in [0.2, 0.25) is 0 Å². The van der Waals surface area contributed by atoms with E-state index in [0.29, 0.717) is 42.9 Å². The molecule has 0 fully saturated rings. The lowest BCUT2D eigenvalue weighted by atomic mass is 9.82. The third kappa shape index (κ3) is 7.79. The van der Waals surface area contributed by atoms with Gasteiger partial charge in [-0.25, -0.2) is 0 Å². The number of nitrogens with one attached hydrogen (secondary N) is 2. The van der Waals surface area contributed by atoms with Crippen molar-refractivity contribution in [3.63, 3.8) is 0 Å². The number of halogens is 1. The number of rotatable bonds is 9. The van der Waals surface area contributed by atoms with Crippen LogP contribution < -0.4 is 10.6 Å². The molecule has 200 valence electrons. The summed E-state index contributed by atoms with van der Waals surface area (Å²) < 4.78 is 0.842. The van der Waals surface area contributed by atoms with E-state index in [2.05, 4.69) is 31.6 Å². The molecule has 0 saturated carbocycles. The number of aliphatic hydroxyl groups excluding tert-OH is 1. The normalized spacial score (nSPS) is 16.5. The lowest BCUT2D eigenvalue weighted by Gasteiger charge is -2.25. The quantitative estimate of drug-likeness (QED) is 0.308. The highest BCUT2D eigenvalue weighted by atomic mass is 79.9. The predicted octanol–water partition coefficient (Wildman–Crippen LogP) is 3.95. The first-order valence-electron chi connectivity index (χ1n) is 12.5. The molecule has 1 heterocycles. The maximum absolute atomic E-state index is 12.8. The minimum atomic E-state index is -0.521. The molecule has 8 nitrogen and oxygen atoms in total. The molecule has 1 amide bonds. The van der Waals surface area contributed by atoms with E-state index in [-0.39, 0.29) is 47.1 Å². The van der Waals surface area contributed by atoms with Gasteiger partial charge in [-0.05, 0) is 59.2 Å². The van der Waals surface area contributed by atoms with E-state index in [1.165, 1.54) is 6.07 Å². The number of ketones is 1. The highest BCUT2D eigenvalue weighted by molar-refractivity contribution is 9.10. The number of phenols is 2. The van der Waals surface area contributed by atoms with Crippen LogP contribution in [0.5, 0.6) is 11.5 Å². The average molecular weight is 575 g/mol. The first kappa shape index (κ1) is 28.7. The highest BCUT2D eigenvalue weighted by Crippen LogP contribution is 2.41. The van der Waals surface area contributed by atoms with Crippen molar-refractivity contribution in [2.24, 2.45) is 4.99 Å². The van der Waals surface area contributed by atoms with E-state index < -0.39 is 12.0 Å². The summed E-state index contributed by atoms with van der Waals surface area (Å²) in [7, 11) is 0. The van der Waals surface area contributed by atoms with E-state index in [1.54, 1.807) is 12.1 Å². The van der Waals surface area contributed by atoms with Gasteiger partial charge in [0.15, 0.2) is 5.78 Å². The summed E-state index contributed by atoms with van der Waals surface area (Å²) in [6.07, 6.45) is 0.683. The fourth-order valence-electron chi connectivity index (χ4n) is 4.40. The number of hydrogen-bond acceptors (Lipinski definition) is 7. The number of amidine groups is 1. The lowest BCUT2D eigenvalue weighted by molar-refractivity contribution is -0.118. The Hall–Kier alpha value is -2.91. The summed E-state index contributed by atoms with van der Waals surface area (Å²) in [6, 6.07) is 8.31. The van der Waals surface area contributed by atoms with Gasteiger partial charge in [-0.1, -0.05) is 43.6 Å². The SMILES string of the molecule is CC[C@H](CC(=O)CNC(=O)c1cc(O)cc(CC2=NCC(O)CN2)c1)c1cc(Br)cc(C(C)(C)C)c1O. The fraction of sp³-hybridized carbons (Fsp3) is 0.464. The zero-order valence-corrected chi connectivity index (χ0v) is 23.4. The molecule has 1 unspecified atom stereocenters. The van der Waals surface area contributed by atoms with Crippen molar-refractivity contribution in [1.29, 1.82) is 0 Å². The van der Waals surface area contributed by atoms with Crippen LogP contribution in [-0.2, 0) is 16.6 Å². The molecule has 2 atom stereocenters. The molecule has 2 aromatic rings. The van der Waals surface area contributed by atoms with E-state index in [0.717, 1.165) is 10.0 Å². The number of aliphatic hydroxyl groups is 1. The van der Waals surface area contributed by atoms with Crippen molar-refractivity contribution in [3.8, 4) is 11.5 Å². The Morgan fingerprint density at radius 1 is 1.19 bits per heavy atom. The van der Waals surface area contributed by atoms with Crippen molar-refractivity contribution in [3.05, 3.63) is 57.1 Å². The lowest BCUT2D eigenvalue weighted by Crippen LogP contribution is -2.39. The molecule has 0 aromatic heterocycles. The van der Waals surface area contributed by atoms with Crippen LogP contribution in [0.4, 0.5) is 0 Å². The molecule has 37 heavy (non-hydrogen) atoms. The maximum atomic E-state index is 12.8. The summed E-state index contributed by atoms with van der Waals surface area (Å²) in [5.41, 5.74) is 2.18. The van der Waals surface area contributed by atoms with Crippen LogP contribution in [-0.4, -0.2) is 58.6 Å². The molecule has 1 aliphatic rings. The Morgan fingerprint density at radius 2 is 1.92 bits per heavy atom. The number of benzene rings is 2. The zero-order chi connectivity index (χ0) is 27.3.